The Morgan fingerprint density at radius 1 is 1.27 bits per heavy atom. The van der Waals surface area contributed by atoms with Crippen molar-refractivity contribution in [3.8, 4) is 0 Å². The molecule has 7 nitrogen and oxygen atoms in total. The van der Waals surface area contributed by atoms with Crippen molar-refractivity contribution in [1.29, 1.82) is 0 Å². The molecule has 0 radical (unpaired) electrons. The van der Waals surface area contributed by atoms with Gasteiger partial charge in [0.15, 0.2) is 0 Å². The van der Waals surface area contributed by atoms with Crippen molar-refractivity contribution in [2.75, 3.05) is 13.1 Å². The van der Waals surface area contributed by atoms with Gasteiger partial charge < -0.3 is 10.3 Å². The van der Waals surface area contributed by atoms with Crippen LogP contribution < -0.4 is 5.73 Å². The highest BCUT2D eigenvalue weighted by atomic mass is 32.2. The summed E-state index contributed by atoms with van der Waals surface area (Å²) in [6, 6.07) is 11.1. The van der Waals surface area contributed by atoms with Crippen LogP contribution in [0.3, 0.4) is 0 Å². The topological polar surface area (TPSA) is 102 Å². The molecule has 8 heteroatoms. The van der Waals surface area contributed by atoms with Crippen LogP contribution in [0.1, 0.15) is 24.1 Å². The summed E-state index contributed by atoms with van der Waals surface area (Å²) in [7, 11) is -3.69. The molecule has 1 aliphatic rings. The summed E-state index contributed by atoms with van der Waals surface area (Å²) in [5.41, 5.74) is 8.35. The van der Waals surface area contributed by atoms with Gasteiger partial charge in [0.1, 0.15) is 4.90 Å². The van der Waals surface area contributed by atoms with Crippen LogP contribution in [0.4, 0.5) is 0 Å². The van der Waals surface area contributed by atoms with Crippen LogP contribution in [-0.2, 0) is 16.4 Å². The molecule has 1 aliphatic heterocycles. The van der Waals surface area contributed by atoms with Crippen LogP contribution in [0.15, 0.2) is 52.0 Å². The van der Waals surface area contributed by atoms with Gasteiger partial charge in [-0.1, -0.05) is 42.4 Å². The van der Waals surface area contributed by atoms with E-state index >= 15 is 0 Å². The largest absolute Gasteiger partial charge is 0.336 e. The lowest BCUT2D eigenvalue weighted by Gasteiger charge is -2.16. The molecule has 4 rings (SSSR count). The van der Waals surface area contributed by atoms with Gasteiger partial charge in [-0.3, -0.25) is 0 Å². The predicted molar refractivity (Wildman–Crippen MR) is 97.1 cm³/mol. The van der Waals surface area contributed by atoms with Crippen molar-refractivity contribution in [2.45, 2.75) is 30.2 Å². The summed E-state index contributed by atoms with van der Waals surface area (Å²) in [6.07, 6.45) is 1.96. The molecule has 26 heavy (non-hydrogen) atoms. The average molecular weight is 372 g/mol. The summed E-state index contributed by atoms with van der Waals surface area (Å²) in [5.74, 6) is -0.0236. The monoisotopic (exact) mass is 372 g/mol. The Morgan fingerprint density at radius 2 is 2.04 bits per heavy atom. The summed E-state index contributed by atoms with van der Waals surface area (Å²) in [6.45, 7) is 2.57. The molecule has 136 valence electrons. The van der Waals surface area contributed by atoms with Crippen molar-refractivity contribution in [3.63, 3.8) is 0 Å². The lowest BCUT2D eigenvalue weighted by atomic mass is 9.95. The smallest absolute Gasteiger partial charge is 0.258 e. The van der Waals surface area contributed by atoms with Crippen LogP contribution in [0.25, 0.3) is 11.1 Å². The minimum atomic E-state index is -3.69. The maximum atomic E-state index is 13.1. The molecule has 1 aromatic carbocycles. The van der Waals surface area contributed by atoms with Crippen LogP contribution in [0.2, 0.25) is 0 Å². The highest BCUT2D eigenvalue weighted by Crippen LogP contribution is 2.31. The number of benzene rings is 1. The van der Waals surface area contributed by atoms with Gasteiger partial charge in [0, 0.05) is 25.0 Å². The maximum Gasteiger partial charge on any atom is 0.258 e. The zero-order valence-electron chi connectivity index (χ0n) is 14.4. The maximum absolute atomic E-state index is 13.1. The summed E-state index contributed by atoms with van der Waals surface area (Å²) < 4.78 is 32.8. The SMILES string of the molecule is CCc1noc2ncc(S(=O)(=O)N3C[C@@H](N)[C@H](c4ccccc4)C3)cc12. The van der Waals surface area contributed by atoms with Crippen LogP contribution in [0, 0.1) is 0 Å². The molecule has 0 bridgehead atoms. The van der Waals surface area contributed by atoms with E-state index in [4.69, 9.17) is 10.3 Å². The number of pyridine rings is 1. The molecule has 2 N–H and O–H groups in total. The van der Waals surface area contributed by atoms with Crippen molar-refractivity contribution < 1.29 is 12.9 Å². The lowest BCUT2D eigenvalue weighted by Crippen LogP contribution is -2.32. The third-order valence-electron chi connectivity index (χ3n) is 4.91. The highest BCUT2D eigenvalue weighted by molar-refractivity contribution is 7.89. The first-order valence-electron chi connectivity index (χ1n) is 8.55. The summed E-state index contributed by atoms with van der Waals surface area (Å²) in [4.78, 5) is 4.26. The van der Waals surface area contributed by atoms with Crippen molar-refractivity contribution in [1.82, 2.24) is 14.4 Å². The van der Waals surface area contributed by atoms with E-state index in [-0.39, 0.29) is 23.4 Å². The van der Waals surface area contributed by atoms with E-state index in [1.165, 1.54) is 10.5 Å². The molecular weight excluding hydrogens is 352 g/mol. The predicted octanol–water partition coefficient (Wildman–Crippen LogP) is 1.90. The number of sulfonamides is 1. The first-order valence-corrected chi connectivity index (χ1v) is 9.99. The molecule has 3 aromatic rings. The van der Waals surface area contributed by atoms with E-state index < -0.39 is 10.0 Å². The summed E-state index contributed by atoms with van der Waals surface area (Å²) in [5, 5.41) is 4.57. The third kappa shape index (κ3) is 2.80. The lowest BCUT2D eigenvalue weighted by molar-refractivity contribution is 0.439. The molecule has 0 saturated carbocycles. The average Bonchev–Trinajstić information content (AvgIpc) is 3.25. The highest BCUT2D eigenvalue weighted by Gasteiger charge is 2.38. The molecule has 0 amide bonds. The zero-order valence-corrected chi connectivity index (χ0v) is 15.2. The Kier molecular flexibility index (Phi) is 4.26. The fourth-order valence-corrected chi connectivity index (χ4v) is 4.92. The Labute approximate surface area is 151 Å². The molecule has 0 unspecified atom stereocenters. The van der Waals surface area contributed by atoms with Gasteiger partial charge in [-0.25, -0.2) is 13.4 Å². The number of nitrogens with two attached hydrogens (primary N) is 1. The minimum absolute atomic E-state index is 0.0236. The van der Waals surface area contributed by atoms with E-state index in [9.17, 15) is 8.42 Å². The van der Waals surface area contributed by atoms with Gasteiger partial charge in [-0.15, -0.1) is 0 Å². The van der Waals surface area contributed by atoms with Gasteiger partial charge >= 0.3 is 0 Å². The number of nitrogens with zero attached hydrogens (tertiary/aromatic N) is 3. The van der Waals surface area contributed by atoms with E-state index in [2.05, 4.69) is 10.1 Å². The molecular formula is C18H20N4O3S. The van der Waals surface area contributed by atoms with Gasteiger partial charge in [0.25, 0.3) is 5.71 Å². The Hall–Kier alpha value is -2.29. The van der Waals surface area contributed by atoms with Gasteiger partial charge in [0.05, 0.1) is 17.3 Å². The van der Waals surface area contributed by atoms with E-state index in [0.717, 1.165) is 5.56 Å². The quantitative estimate of drug-likeness (QED) is 0.750. The molecule has 0 aliphatic carbocycles. The number of rotatable bonds is 4. The second kappa shape index (κ2) is 6.46. The first-order chi connectivity index (χ1) is 12.5. The number of aryl methyl sites for hydroxylation is 1. The number of hydrogen-bond donors (Lipinski definition) is 1. The summed E-state index contributed by atoms with van der Waals surface area (Å²) >= 11 is 0. The molecule has 1 saturated heterocycles. The number of hydrogen-bond acceptors (Lipinski definition) is 6. The van der Waals surface area contributed by atoms with Crippen LogP contribution >= 0.6 is 0 Å². The molecule has 3 heterocycles. The zero-order chi connectivity index (χ0) is 18.3. The van der Waals surface area contributed by atoms with E-state index in [1.54, 1.807) is 6.07 Å². The Balaban J connectivity index is 1.67. The fraction of sp³-hybridized carbons (Fsp3) is 0.333. The Morgan fingerprint density at radius 3 is 2.77 bits per heavy atom. The van der Waals surface area contributed by atoms with Crippen LogP contribution in [-0.4, -0.2) is 42.0 Å². The second-order valence-corrected chi connectivity index (χ2v) is 8.45. The normalized spacial score (nSPS) is 21.5. The minimum Gasteiger partial charge on any atom is -0.336 e. The van der Waals surface area contributed by atoms with E-state index in [0.29, 0.717) is 29.8 Å². The third-order valence-corrected chi connectivity index (χ3v) is 6.71. The van der Waals surface area contributed by atoms with Gasteiger partial charge in [-0.05, 0) is 18.1 Å². The molecule has 1 fully saturated rings. The second-order valence-electron chi connectivity index (χ2n) is 6.51. The van der Waals surface area contributed by atoms with Crippen LogP contribution in [0.5, 0.6) is 0 Å². The van der Waals surface area contributed by atoms with E-state index in [1.807, 2.05) is 37.3 Å². The molecule has 2 atom stereocenters. The van der Waals surface area contributed by atoms with Crippen molar-refractivity contribution in [2.24, 2.45) is 5.73 Å². The Bertz CT molecular complexity index is 1030. The van der Waals surface area contributed by atoms with Crippen molar-refractivity contribution >= 4 is 21.1 Å². The molecule has 2 aromatic heterocycles. The number of fused-ring (bicyclic) bond motifs is 1. The fourth-order valence-electron chi connectivity index (χ4n) is 3.45. The first kappa shape index (κ1) is 17.1. The molecule has 0 spiro atoms. The standard InChI is InChI=1S/C18H20N4O3S/c1-2-17-14-8-13(9-20-18(14)25-21-17)26(23,24)22-10-15(16(19)11-22)12-6-4-3-5-7-12/h3-9,15-16H,2,10-11,19H2,1H3/t15-,16+/m0/s1. The van der Waals surface area contributed by atoms with Gasteiger partial charge in [0.2, 0.25) is 10.0 Å². The van der Waals surface area contributed by atoms with Gasteiger partial charge in [-0.2, -0.15) is 4.31 Å². The number of aromatic nitrogens is 2. The van der Waals surface area contributed by atoms with Crippen molar-refractivity contribution in [3.05, 3.63) is 53.9 Å².